The lowest BCUT2D eigenvalue weighted by Crippen LogP contribution is -2.41. The molecule has 0 aliphatic rings. The number of carbonyl (C=O) groups excluding carboxylic acids is 2. The van der Waals surface area contributed by atoms with Crippen LogP contribution in [0.5, 0.6) is 0 Å². The van der Waals surface area contributed by atoms with Crippen molar-refractivity contribution in [3.8, 4) is 0 Å². The maximum absolute atomic E-state index is 11.9. The van der Waals surface area contributed by atoms with Gasteiger partial charge < -0.3 is 10.1 Å². The summed E-state index contributed by atoms with van der Waals surface area (Å²) in [6.45, 7) is 0.282. The monoisotopic (exact) mass is 163 g/mol. The first kappa shape index (κ1) is 9.87. The first-order valence-corrected chi connectivity index (χ1v) is 3.02. The minimum absolute atomic E-state index is 0.432. The molecule has 1 atom stereocenters. The predicted molar refractivity (Wildman–Crippen MR) is 36.0 cm³/mol. The Morgan fingerprint density at radius 1 is 1.64 bits per heavy atom. The average Bonchev–Trinajstić information content (AvgIpc) is 1.99. The third kappa shape index (κ3) is 3.54. The summed E-state index contributed by atoms with van der Waals surface area (Å²) in [5.74, 6) is -0.432. The number of ether oxygens (including phenoxy) is 1. The zero-order valence-electron chi connectivity index (χ0n) is 6.39. The summed E-state index contributed by atoms with van der Waals surface area (Å²) in [6.07, 6.45) is -0.803. The molecule has 0 aromatic carbocycles. The molecule has 64 valence electrons. The van der Waals surface area contributed by atoms with Gasteiger partial charge in [-0.05, 0) is 6.92 Å². The number of halogens is 1. The van der Waals surface area contributed by atoms with Crippen molar-refractivity contribution in [2.24, 2.45) is 0 Å². The summed E-state index contributed by atoms with van der Waals surface area (Å²) in [5.41, 5.74) is 0. The van der Waals surface area contributed by atoms with Gasteiger partial charge >= 0.3 is 6.09 Å². The first-order chi connectivity index (χ1) is 5.11. The van der Waals surface area contributed by atoms with Crippen LogP contribution in [-0.4, -0.2) is 31.7 Å². The van der Waals surface area contributed by atoms with Crippen LogP contribution in [0.1, 0.15) is 6.92 Å². The largest absolute Gasteiger partial charge is 0.453 e. The fourth-order valence-electron chi connectivity index (χ4n) is 0.450. The van der Waals surface area contributed by atoms with Gasteiger partial charge in [0.15, 0.2) is 5.78 Å². The van der Waals surface area contributed by atoms with Gasteiger partial charge in [-0.3, -0.25) is 4.79 Å². The smallest absolute Gasteiger partial charge is 0.407 e. The van der Waals surface area contributed by atoms with Gasteiger partial charge in [-0.2, -0.15) is 0 Å². The van der Waals surface area contributed by atoms with Crippen LogP contribution < -0.4 is 5.32 Å². The zero-order chi connectivity index (χ0) is 8.85. The molecule has 0 saturated heterocycles. The van der Waals surface area contributed by atoms with Gasteiger partial charge in [0.1, 0.15) is 12.7 Å². The molecular weight excluding hydrogens is 153 g/mol. The van der Waals surface area contributed by atoms with Crippen molar-refractivity contribution < 1.29 is 18.7 Å². The number of alkyl carbamates (subject to hydrolysis) is 1. The van der Waals surface area contributed by atoms with E-state index in [0.717, 1.165) is 7.11 Å². The van der Waals surface area contributed by atoms with Crippen molar-refractivity contribution in [2.45, 2.75) is 13.0 Å². The van der Waals surface area contributed by atoms with Crippen molar-refractivity contribution in [3.05, 3.63) is 0 Å². The highest BCUT2D eigenvalue weighted by Gasteiger charge is 2.16. The Morgan fingerprint density at radius 2 is 2.18 bits per heavy atom. The molecule has 0 heterocycles. The number of hydrogen-bond donors (Lipinski definition) is 1. The molecule has 1 amide bonds. The van der Waals surface area contributed by atoms with Crippen molar-refractivity contribution in [2.75, 3.05) is 13.8 Å². The van der Waals surface area contributed by atoms with Crippen LogP contribution in [0.3, 0.4) is 0 Å². The topological polar surface area (TPSA) is 55.4 Å². The number of rotatable bonds is 3. The number of alkyl halides is 1. The Labute approximate surface area is 63.7 Å². The molecule has 1 N–H and O–H groups in total. The van der Waals surface area contributed by atoms with E-state index in [1.54, 1.807) is 0 Å². The number of methoxy groups -OCH3 is 1. The molecule has 0 spiro atoms. The summed E-state index contributed by atoms with van der Waals surface area (Å²) >= 11 is 0. The number of ketones is 1. The highest BCUT2D eigenvalue weighted by Crippen LogP contribution is 1.88. The Kier molecular flexibility index (Phi) is 4.17. The van der Waals surface area contributed by atoms with E-state index < -0.39 is 24.6 Å². The van der Waals surface area contributed by atoms with E-state index >= 15 is 0 Å². The van der Waals surface area contributed by atoms with E-state index in [-0.39, 0.29) is 0 Å². The van der Waals surface area contributed by atoms with Gasteiger partial charge in [-0.25, -0.2) is 9.18 Å². The van der Waals surface area contributed by atoms with Crippen molar-refractivity contribution in [1.82, 2.24) is 5.32 Å². The fourth-order valence-corrected chi connectivity index (χ4v) is 0.450. The highest BCUT2D eigenvalue weighted by atomic mass is 19.1. The van der Waals surface area contributed by atoms with Crippen LogP contribution in [0, 0.1) is 0 Å². The van der Waals surface area contributed by atoms with Gasteiger partial charge in [0.05, 0.1) is 7.11 Å². The molecule has 0 aliphatic heterocycles. The van der Waals surface area contributed by atoms with Crippen molar-refractivity contribution in [3.63, 3.8) is 0 Å². The Bertz CT molecular complexity index is 160. The lowest BCUT2D eigenvalue weighted by atomic mass is 10.2. The summed E-state index contributed by atoms with van der Waals surface area (Å²) in [5, 5.41) is 2.03. The first-order valence-electron chi connectivity index (χ1n) is 3.02. The number of nitrogens with one attached hydrogen (secondary N) is 1. The summed E-state index contributed by atoms with van der Waals surface area (Å²) in [6, 6.07) is -1.08. The van der Waals surface area contributed by atoms with Crippen LogP contribution in [0.15, 0.2) is 0 Å². The second-order valence-electron chi connectivity index (χ2n) is 1.95. The van der Waals surface area contributed by atoms with E-state index in [0.29, 0.717) is 0 Å². The third-order valence-electron chi connectivity index (χ3n) is 1.12. The van der Waals surface area contributed by atoms with E-state index in [1.807, 2.05) is 5.32 Å². The Balaban J connectivity index is 3.88. The zero-order valence-corrected chi connectivity index (χ0v) is 6.39. The van der Waals surface area contributed by atoms with Gasteiger partial charge in [-0.1, -0.05) is 0 Å². The van der Waals surface area contributed by atoms with Crippen molar-refractivity contribution in [1.29, 1.82) is 0 Å². The average molecular weight is 163 g/mol. The maximum atomic E-state index is 11.9. The molecule has 4 nitrogen and oxygen atoms in total. The molecule has 11 heavy (non-hydrogen) atoms. The molecule has 0 saturated carbocycles. The minimum Gasteiger partial charge on any atom is -0.453 e. The predicted octanol–water partition coefficient (Wildman–Crippen LogP) is 0.269. The quantitative estimate of drug-likeness (QED) is 0.649. The van der Waals surface area contributed by atoms with Gasteiger partial charge in [0.25, 0.3) is 0 Å². The number of hydrogen-bond acceptors (Lipinski definition) is 3. The minimum atomic E-state index is -1.08. The molecule has 0 fully saturated rings. The summed E-state index contributed by atoms with van der Waals surface area (Å²) in [7, 11) is 1.14. The molecule has 0 radical (unpaired) electrons. The SMILES string of the molecule is COC(=O)N[C@@H](CF)C(C)=O. The summed E-state index contributed by atoms with van der Waals surface area (Å²) in [4.78, 5) is 20.9. The normalized spacial score (nSPS) is 11.9. The molecular formula is C6H10FNO3. The van der Waals surface area contributed by atoms with Gasteiger partial charge in [-0.15, -0.1) is 0 Å². The second-order valence-corrected chi connectivity index (χ2v) is 1.95. The molecule has 0 unspecified atom stereocenters. The number of amides is 1. The number of carbonyl (C=O) groups is 2. The van der Waals surface area contributed by atoms with Gasteiger partial charge in [0, 0.05) is 0 Å². The lowest BCUT2D eigenvalue weighted by Gasteiger charge is -2.09. The summed E-state index contributed by atoms with van der Waals surface area (Å²) < 4.78 is 16.1. The number of Topliss-reactive ketones (excluding diaryl/α,β-unsaturated/α-hetero) is 1. The van der Waals surface area contributed by atoms with Crippen LogP contribution in [-0.2, 0) is 9.53 Å². The molecule has 0 aliphatic carbocycles. The van der Waals surface area contributed by atoms with E-state index in [9.17, 15) is 14.0 Å². The van der Waals surface area contributed by atoms with Crippen LogP contribution >= 0.6 is 0 Å². The molecule has 5 heteroatoms. The molecule has 0 bridgehead atoms. The fraction of sp³-hybridized carbons (Fsp3) is 0.667. The van der Waals surface area contributed by atoms with E-state index in [4.69, 9.17) is 0 Å². The molecule has 0 rings (SSSR count). The maximum Gasteiger partial charge on any atom is 0.407 e. The van der Waals surface area contributed by atoms with Crippen LogP contribution in [0.25, 0.3) is 0 Å². The van der Waals surface area contributed by atoms with E-state index in [1.165, 1.54) is 6.92 Å². The lowest BCUT2D eigenvalue weighted by molar-refractivity contribution is -0.119. The second kappa shape index (κ2) is 4.65. The molecule has 0 aromatic heterocycles. The molecule has 0 aromatic rings. The van der Waals surface area contributed by atoms with Gasteiger partial charge in [0.2, 0.25) is 0 Å². The van der Waals surface area contributed by atoms with Crippen LogP contribution in [0.2, 0.25) is 0 Å². The highest BCUT2D eigenvalue weighted by molar-refractivity contribution is 5.85. The Morgan fingerprint density at radius 3 is 2.45 bits per heavy atom. The third-order valence-corrected chi connectivity index (χ3v) is 1.12. The van der Waals surface area contributed by atoms with Crippen molar-refractivity contribution >= 4 is 11.9 Å². The van der Waals surface area contributed by atoms with E-state index in [2.05, 4.69) is 4.74 Å². The standard InChI is InChI=1S/C6H10FNO3/c1-4(9)5(3-7)8-6(10)11-2/h5H,3H2,1-2H3,(H,8,10)/t5-/m0/s1. The Hall–Kier alpha value is -1.13. The van der Waals surface area contributed by atoms with Crippen LogP contribution in [0.4, 0.5) is 9.18 Å².